The number of rotatable bonds is 16. The average molecular weight is 371 g/mol. The van der Waals surface area contributed by atoms with Crippen LogP contribution in [0.4, 0.5) is 0 Å². The molecule has 0 fully saturated rings. The number of unbranched alkanes of at least 4 members (excludes halogenated alkanes) is 8. The van der Waals surface area contributed by atoms with Gasteiger partial charge in [0.05, 0.1) is 5.92 Å². The van der Waals surface area contributed by atoms with Gasteiger partial charge in [0.1, 0.15) is 0 Å². The molecule has 150 valence electrons. The minimum Gasteiger partial charge on any atom is -0.520 e. The molecule has 0 aromatic carbocycles. The highest BCUT2D eigenvalue weighted by atomic mass is 28.4. The van der Waals surface area contributed by atoms with Gasteiger partial charge < -0.3 is 4.43 Å². The fourth-order valence-electron chi connectivity index (χ4n) is 3.23. The van der Waals surface area contributed by atoms with E-state index in [-0.39, 0.29) is 11.9 Å². The van der Waals surface area contributed by atoms with E-state index in [4.69, 9.17) is 4.43 Å². The molecule has 0 aliphatic carbocycles. The highest BCUT2D eigenvalue weighted by molar-refractivity contribution is 6.71. The minimum absolute atomic E-state index is 0.0206. The zero-order chi connectivity index (χ0) is 19.1. The van der Waals surface area contributed by atoms with Crippen molar-refractivity contribution in [3.63, 3.8) is 0 Å². The van der Waals surface area contributed by atoms with Gasteiger partial charge in [-0.05, 0) is 32.0 Å². The molecule has 0 aliphatic rings. The van der Waals surface area contributed by atoms with E-state index in [0.717, 1.165) is 18.8 Å². The second kappa shape index (κ2) is 14.8. The SMILES string of the molecule is CCCCCC(C)CCCCCCCCCC(C)C(=O)O[Si](C)(C)C. The van der Waals surface area contributed by atoms with Gasteiger partial charge in [-0.15, -0.1) is 0 Å². The Morgan fingerprint density at radius 2 is 1.20 bits per heavy atom. The molecule has 0 rings (SSSR count). The Hall–Kier alpha value is -0.313. The molecule has 3 heteroatoms. The smallest absolute Gasteiger partial charge is 0.295 e. The van der Waals surface area contributed by atoms with Crippen LogP contribution in [-0.4, -0.2) is 14.3 Å². The molecule has 0 aromatic rings. The largest absolute Gasteiger partial charge is 0.520 e. The number of carbonyl (C=O) groups is 1. The fraction of sp³-hybridized carbons (Fsp3) is 0.955. The van der Waals surface area contributed by atoms with Crippen molar-refractivity contribution in [2.45, 2.75) is 124 Å². The van der Waals surface area contributed by atoms with E-state index in [1.807, 2.05) is 6.92 Å². The van der Waals surface area contributed by atoms with Crippen LogP contribution in [0.5, 0.6) is 0 Å². The number of carbonyl (C=O) groups excluding carboxylic acids is 1. The van der Waals surface area contributed by atoms with E-state index in [9.17, 15) is 4.79 Å². The first-order valence-corrected chi connectivity index (χ1v) is 14.4. The molecule has 0 N–H and O–H groups in total. The zero-order valence-corrected chi connectivity index (χ0v) is 19.2. The van der Waals surface area contributed by atoms with Gasteiger partial charge in [0.15, 0.2) is 0 Å². The Bertz CT molecular complexity index is 322. The summed E-state index contributed by atoms with van der Waals surface area (Å²) in [7, 11) is -1.72. The molecule has 0 saturated heterocycles. The quantitative estimate of drug-likeness (QED) is 0.205. The lowest BCUT2D eigenvalue weighted by Gasteiger charge is -2.20. The van der Waals surface area contributed by atoms with Crippen LogP contribution in [-0.2, 0) is 9.22 Å². The molecule has 25 heavy (non-hydrogen) atoms. The second-order valence-electron chi connectivity index (χ2n) is 9.09. The maximum absolute atomic E-state index is 11.9. The van der Waals surface area contributed by atoms with Gasteiger partial charge in [-0.25, -0.2) is 0 Å². The highest BCUT2D eigenvalue weighted by Gasteiger charge is 2.23. The van der Waals surface area contributed by atoms with E-state index < -0.39 is 8.32 Å². The normalized spacial score (nSPS) is 14.3. The van der Waals surface area contributed by atoms with Crippen molar-refractivity contribution in [3.05, 3.63) is 0 Å². The van der Waals surface area contributed by atoms with E-state index in [0.29, 0.717) is 0 Å². The summed E-state index contributed by atoms with van der Waals surface area (Å²) in [5.41, 5.74) is 0. The zero-order valence-electron chi connectivity index (χ0n) is 18.2. The Balaban J connectivity index is 3.42. The van der Waals surface area contributed by atoms with Gasteiger partial charge in [0.25, 0.3) is 5.97 Å². The topological polar surface area (TPSA) is 26.3 Å². The standard InChI is InChI=1S/C22H46O2Si/c1-7-8-14-17-20(2)18-15-12-10-9-11-13-16-19-21(3)22(23)24-25(4,5)6/h20-21H,7-19H2,1-6H3. The third kappa shape index (κ3) is 16.9. The van der Waals surface area contributed by atoms with Gasteiger partial charge in [-0.3, -0.25) is 4.79 Å². The number of hydrogen-bond donors (Lipinski definition) is 0. The minimum atomic E-state index is -1.72. The van der Waals surface area contributed by atoms with E-state index >= 15 is 0 Å². The predicted octanol–water partition coefficient (Wildman–Crippen LogP) is 7.73. The third-order valence-electron chi connectivity index (χ3n) is 4.94. The molecule has 2 nitrogen and oxygen atoms in total. The predicted molar refractivity (Wildman–Crippen MR) is 113 cm³/mol. The van der Waals surface area contributed by atoms with Crippen molar-refractivity contribution in [1.82, 2.24) is 0 Å². The van der Waals surface area contributed by atoms with Crippen LogP contribution in [0.2, 0.25) is 19.6 Å². The summed E-state index contributed by atoms with van der Waals surface area (Å²) >= 11 is 0. The first kappa shape index (κ1) is 24.7. The molecule has 2 atom stereocenters. The maximum Gasteiger partial charge on any atom is 0.295 e. The Morgan fingerprint density at radius 3 is 1.68 bits per heavy atom. The molecule has 0 radical (unpaired) electrons. The van der Waals surface area contributed by atoms with Gasteiger partial charge in [0, 0.05) is 0 Å². The first-order chi connectivity index (χ1) is 11.8. The summed E-state index contributed by atoms with van der Waals surface area (Å²) in [6.45, 7) is 12.9. The molecule has 2 unspecified atom stereocenters. The molecule has 0 heterocycles. The van der Waals surface area contributed by atoms with Crippen molar-refractivity contribution in [3.8, 4) is 0 Å². The van der Waals surface area contributed by atoms with Crippen LogP contribution < -0.4 is 0 Å². The van der Waals surface area contributed by atoms with Gasteiger partial charge in [-0.1, -0.05) is 97.8 Å². The lowest BCUT2D eigenvalue weighted by Crippen LogP contribution is -2.32. The Kier molecular flexibility index (Phi) is 14.6. The summed E-state index contributed by atoms with van der Waals surface area (Å²) in [6.07, 6.45) is 17.3. The molecular formula is C22H46O2Si. The summed E-state index contributed by atoms with van der Waals surface area (Å²) in [5, 5.41) is 0. The summed E-state index contributed by atoms with van der Waals surface area (Å²) in [6, 6.07) is 0. The number of hydrogen-bond acceptors (Lipinski definition) is 2. The van der Waals surface area contributed by atoms with E-state index in [1.165, 1.54) is 70.6 Å². The van der Waals surface area contributed by atoms with Crippen molar-refractivity contribution < 1.29 is 9.22 Å². The lowest BCUT2D eigenvalue weighted by molar-refractivity contribution is -0.139. The fourth-order valence-corrected chi connectivity index (χ4v) is 4.04. The maximum atomic E-state index is 11.9. The van der Waals surface area contributed by atoms with Crippen LogP contribution in [0, 0.1) is 11.8 Å². The van der Waals surface area contributed by atoms with E-state index in [1.54, 1.807) is 0 Å². The second-order valence-corrected chi connectivity index (χ2v) is 13.5. The summed E-state index contributed by atoms with van der Waals surface area (Å²) in [4.78, 5) is 11.9. The van der Waals surface area contributed by atoms with Crippen molar-refractivity contribution in [2.75, 3.05) is 0 Å². The van der Waals surface area contributed by atoms with Crippen LogP contribution in [0.1, 0.15) is 104 Å². The van der Waals surface area contributed by atoms with Crippen LogP contribution in [0.15, 0.2) is 0 Å². The molecule has 0 aromatic heterocycles. The molecule has 0 aliphatic heterocycles. The molecule has 0 spiro atoms. The molecule has 0 saturated carbocycles. The van der Waals surface area contributed by atoms with Crippen LogP contribution >= 0.6 is 0 Å². The Labute approximate surface area is 159 Å². The summed E-state index contributed by atoms with van der Waals surface area (Å²) < 4.78 is 5.57. The molecule has 0 amide bonds. The van der Waals surface area contributed by atoms with Crippen molar-refractivity contribution in [2.24, 2.45) is 11.8 Å². The van der Waals surface area contributed by atoms with Crippen molar-refractivity contribution in [1.29, 1.82) is 0 Å². The van der Waals surface area contributed by atoms with E-state index in [2.05, 4.69) is 33.5 Å². The van der Waals surface area contributed by atoms with Crippen LogP contribution in [0.25, 0.3) is 0 Å². The third-order valence-corrected chi connectivity index (χ3v) is 5.76. The molecule has 0 bridgehead atoms. The Morgan fingerprint density at radius 1 is 0.760 bits per heavy atom. The van der Waals surface area contributed by atoms with Gasteiger partial charge in [-0.2, -0.15) is 0 Å². The summed E-state index contributed by atoms with van der Waals surface area (Å²) in [5.74, 6) is 1.01. The lowest BCUT2D eigenvalue weighted by atomic mass is 9.96. The average Bonchev–Trinajstić information content (AvgIpc) is 2.51. The van der Waals surface area contributed by atoms with Crippen molar-refractivity contribution >= 4 is 14.3 Å². The highest BCUT2D eigenvalue weighted by Crippen LogP contribution is 2.19. The van der Waals surface area contributed by atoms with Gasteiger partial charge in [0.2, 0.25) is 8.32 Å². The monoisotopic (exact) mass is 370 g/mol. The molecular weight excluding hydrogens is 324 g/mol. The van der Waals surface area contributed by atoms with Crippen LogP contribution in [0.3, 0.4) is 0 Å². The van der Waals surface area contributed by atoms with Gasteiger partial charge >= 0.3 is 0 Å². The first-order valence-electron chi connectivity index (χ1n) is 11.0.